The van der Waals surface area contributed by atoms with Crippen molar-refractivity contribution in [3.63, 3.8) is 0 Å². The van der Waals surface area contributed by atoms with E-state index in [0.29, 0.717) is 0 Å². The minimum Gasteiger partial charge on any atom is -0.478 e. The van der Waals surface area contributed by atoms with E-state index in [1.54, 1.807) is 0 Å². The van der Waals surface area contributed by atoms with Crippen molar-refractivity contribution < 1.29 is 48.5 Å². The van der Waals surface area contributed by atoms with Gasteiger partial charge in [-0.2, -0.15) is 0 Å². The van der Waals surface area contributed by atoms with Gasteiger partial charge in [-0.3, -0.25) is 9.59 Å². The zero-order chi connectivity index (χ0) is 28.0. The standard InChI is InChI=1S/C26H20N2O10/c1-37-25(35)13-7-3-5-9-19(13)27-21(29)15-11-18(24(33)34)16(12-17(15)23(31)32)22(30)28-20-10-6-4-8-14(20)26(36)38-2/h3-12H,1-2H3,(H,27,29)(H,28,30)(H,31,32)(H,33,34). The number of carboxylic acids is 2. The van der Waals surface area contributed by atoms with Gasteiger partial charge in [-0.1, -0.05) is 24.3 Å². The second-order valence-corrected chi connectivity index (χ2v) is 7.54. The molecule has 3 aromatic rings. The number of carboxylic acid groups (broad SMARTS) is 2. The van der Waals surface area contributed by atoms with Gasteiger partial charge >= 0.3 is 23.9 Å². The lowest BCUT2D eigenvalue weighted by molar-refractivity contribution is 0.0592. The molecule has 0 spiro atoms. The second-order valence-electron chi connectivity index (χ2n) is 7.54. The molecule has 0 aliphatic carbocycles. The van der Waals surface area contributed by atoms with E-state index < -0.39 is 57.9 Å². The van der Waals surface area contributed by atoms with E-state index in [9.17, 15) is 39.0 Å². The summed E-state index contributed by atoms with van der Waals surface area (Å²) in [5.74, 6) is -6.90. The lowest BCUT2D eigenvalue weighted by Crippen LogP contribution is -2.23. The van der Waals surface area contributed by atoms with Gasteiger partial charge in [0, 0.05) is 0 Å². The number of ether oxygens (including phenoxy) is 2. The van der Waals surface area contributed by atoms with Crippen LogP contribution in [0.3, 0.4) is 0 Å². The summed E-state index contributed by atoms with van der Waals surface area (Å²) in [5.41, 5.74) is -2.62. The summed E-state index contributed by atoms with van der Waals surface area (Å²) >= 11 is 0. The van der Waals surface area contributed by atoms with Crippen LogP contribution in [0.2, 0.25) is 0 Å². The lowest BCUT2D eigenvalue weighted by atomic mass is 9.96. The molecule has 4 N–H and O–H groups in total. The lowest BCUT2D eigenvalue weighted by Gasteiger charge is -2.15. The van der Waals surface area contributed by atoms with Crippen molar-refractivity contribution in [2.75, 3.05) is 24.9 Å². The van der Waals surface area contributed by atoms with Gasteiger partial charge in [-0.05, 0) is 36.4 Å². The van der Waals surface area contributed by atoms with Crippen molar-refractivity contribution in [2.45, 2.75) is 0 Å². The Bertz CT molecular complexity index is 1370. The highest BCUT2D eigenvalue weighted by Crippen LogP contribution is 2.24. The van der Waals surface area contributed by atoms with Gasteiger partial charge in [0.15, 0.2) is 0 Å². The largest absolute Gasteiger partial charge is 0.478 e. The molecule has 0 fully saturated rings. The number of rotatable bonds is 8. The third-order valence-electron chi connectivity index (χ3n) is 5.27. The van der Waals surface area contributed by atoms with Crippen LogP contribution >= 0.6 is 0 Å². The number of methoxy groups -OCH3 is 2. The van der Waals surface area contributed by atoms with E-state index in [1.807, 2.05) is 0 Å². The first kappa shape index (κ1) is 27.1. The Kier molecular flexibility index (Phi) is 8.18. The van der Waals surface area contributed by atoms with Crippen LogP contribution in [0.25, 0.3) is 0 Å². The Morgan fingerprint density at radius 2 is 0.895 bits per heavy atom. The summed E-state index contributed by atoms with van der Waals surface area (Å²) in [6.45, 7) is 0. The molecule has 3 rings (SSSR count). The summed E-state index contributed by atoms with van der Waals surface area (Å²) in [6, 6.07) is 13.0. The summed E-state index contributed by atoms with van der Waals surface area (Å²) in [4.78, 5) is 74.1. The van der Waals surface area contributed by atoms with Crippen LogP contribution in [0.1, 0.15) is 62.1 Å². The molecule has 0 bridgehead atoms. The highest BCUT2D eigenvalue weighted by molar-refractivity contribution is 6.18. The maximum absolute atomic E-state index is 13.0. The number of carbonyl (C=O) groups is 6. The first-order valence-electron chi connectivity index (χ1n) is 10.7. The average molecular weight is 520 g/mol. The topological polar surface area (TPSA) is 185 Å². The van der Waals surface area contributed by atoms with Crippen LogP contribution in [0.5, 0.6) is 0 Å². The molecular formula is C26H20N2O10. The summed E-state index contributed by atoms with van der Waals surface area (Å²) in [7, 11) is 2.27. The van der Waals surface area contributed by atoms with Gasteiger partial charge in [-0.25, -0.2) is 19.2 Å². The number of esters is 2. The first-order chi connectivity index (χ1) is 18.1. The first-order valence-corrected chi connectivity index (χ1v) is 10.7. The van der Waals surface area contributed by atoms with Crippen LogP contribution in [-0.4, -0.2) is 60.1 Å². The van der Waals surface area contributed by atoms with E-state index in [4.69, 9.17) is 0 Å². The van der Waals surface area contributed by atoms with Gasteiger partial charge in [0.1, 0.15) is 0 Å². The van der Waals surface area contributed by atoms with E-state index in [-0.39, 0.29) is 22.5 Å². The smallest absolute Gasteiger partial charge is 0.339 e. The molecule has 12 nitrogen and oxygen atoms in total. The van der Waals surface area contributed by atoms with Crippen molar-refractivity contribution in [1.29, 1.82) is 0 Å². The Balaban J connectivity index is 2.06. The molecule has 12 heteroatoms. The molecule has 0 aromatic heterocycles. The van der Waals surface area contributed by atoms with Crippen molar-refractivity contribution in [3.8, 4) is 0 Å². The maximum Gasteiger partial charge on any atom is 0.339 e. The van der Waals surface area contributed by atoms with Gasteiger partial charge < -0.3 is 30.3 Å². The van der Waals surface area contributed by atoms with Crippen LogP contribution in [-0.2, 0) is 9.47 Å². The number of aromatic carboxylic acids is 2. The zero-order valence-corrected chi connectivity index (χ0v) is 19.9. The predicted octanol–water partition coefficient (Wildman–Crippen LogP) is 3.16. The second kappa shape index (κ2) is 11.5. The van der Waals surface area contributed by atoms with Crippen LogP contribution in [0.4, 0.5) is 11.4 Å². The molecule has 38 heavy (non-hydrogen) atoms. The third-order valence-corrected chi connectivity index (χ3v) is 5.27. The molecule has 0 saturated carbocycles. The van der Waals surface area contributed by atoms with Gasteiger partial charge in [-0.15, -0.1) is 0 Å². The summed E-state index contributed by atoms with van der Waals surface area (Å²) in [5, 5.41) is 24.2. The molecule has 0 heterocycles. The predicted molar refractivity (Wildman–Crippen MR) is 132 cm³/mol. The highest BCUT2D eigenvalue weighted by atomic mass is 16.5. The number of para-hydroxylation sites is 2. The Hall–Kier alpha value is -5.52. The molecule has 0 saturated heterocycles. The molecule has 2 amide bonds. The molecule has 0 aliphatic heterocycles. The number of benzene rings is 3. The maximum atomic E-state index is 13.0. The number of nitrogens with one attached hydrogen (secondary N) is 2. The minimum atomic E-state index is -1.63. The highest BCUT2D eigenvalue weighted by Gasteiger charge is 2.27. The molecular weight excluding hydrogens is 500 g/mol. The fourth-order valence-electron chi connectivity index (χ4n) is 3.47. The van der Waals surface area contributed by atoms with E-state index in [2.05, 4.69) is 20.1 Å². The van der Waals surface area contributed by atoms with Crippen LogP contribution < -0.4 is 10.6 Å². The molecule has 194 valence electrons. The van der Waals surface area contributed by atoms with Gasteiger partial charge in [0.25, 0.3) is 11.8 Å². The number of carbonyl (C=O) groups excluding carboxylic acids is 4. The van der Waals surface area contributed by atoms with E-state index in [0.717, 1.165) is 26.4 Å². The Morgan fingerprint density at radius 3 is 1.21 bits per heavy atom. The van der Waals surface area contributed by atoms with E-state index >= 15 is 0 Å². The Morgan fingerprint density at radius 1 is 0.553 bits per heavy atom. The Labute approximate surface area is 214 Å². The fourth-order valence-corrected chi connectivity index (χ4v) is 3.47. The van der Waals surface area contributed by atoms with Gasteiger partial charge in [0.2, 0.25) is 0 Å². The summed E-state index contributed by atoms with van der Waals surface area (Å²) < 4.78 is 9.33. The number of amides is 2. The van der Waals surface area contributed by atoms with Crippen molar-refractivity contribution >= 4 is 47.1 Å². The molecule has 0 aliphatic rings. The third kappa shape index (κ3) is 5.65. The number of hydrogen-bond donors (Lipinski definition) is 4. The van der Waals surface area contributed by atoms with Crippen molar-refractivity contribution in [3.05, 3.63) is 94.0 Å². The molecule has 3 aromatic carbocycles. The summed E-state index contributed by atoms with van der Waals surface area (Å²) in [6.07, 6.45) is 0. The zero-order valence-electron chi connectivity index (χ0n) is 19.9. The fraction of sp³-hybridized carbons (Fsp3) is 0.0769. The van der Waals surface area contributed by atoms with E-state index in [1.165, 1.54) is 48.5 Å². The minimum absolute atomic E-state index is 0.0150. The molecule has 0 radical (unpaired) electrons. The van der Waals surface area contributed by atoms with Crippen molar-refractivity contribution in [2.24, 2.45) is 0 Å². The number of anilines is 2. The quantitative estimate of drug-likeness (QED) is 0.322. The van der Waals surface area contributed by atoms with Crippen molar-refractivity contribution in [1.82, 2.24) is 0 Å². The average Bonchev–Trinajstić information content (AvgIpc) is 2.91. The molecule has 0 atom stereocenters. The normalized spacial score (nSPS) is 10.2. The molecule has 0 unspecified atom stereocenters. The van der Waals surface area contributed by atoms with Crippen LogP contribution in [0.15, 0.2) is 60.7 Å². The SMILES string of the molecule is COC(=O)c1ccccc1NC(=O)c1cc(C(=O)O)c(C(=O)Nc2ccccc2C(=O)OC)cc1C(=O)O. The number of hydrogen-bond acceptors (Lipinski definition) is 8. The monoisotopic (exact) mass is 520 g/mol. The van der Waals surface area contributed by atoms with Crippen LogP contribution in [0, 0.1) is 0 Å². The van der Waals surface area contributed by atoms with Gasteiger partial charge in [0.05, 0.1) is 59.0 Å².